The number of allylic oxidation sites excluding steroid dienone is 1. The number of nitrogens with zero attached hydrogens (tertiary/aromatic N) is 2. The van der Waals surface area contributed by atoms with Crippen LogP contribution < -0.4 is 0 Å². The Hall–Kier alpha value is -2.45. The van der Waals surface area contributed by atoms with E-state index in [0.717, 1.165) is 41.0 Å². The summed E-state index contributed by atoms with van der Waals surface area (Å²) in [4.78, 5) is 29.2. The fourth-order valence-corrected chi connectivity index (χ4v) is 4.15. The summed E-state index contributed by atoms with van der Waals surface area (Å²) in [7, 11) is 0. The number of nitriles is 1. The second-order valence-corrected chi connectivity index (χ2v) is 8.40. The number of amides is 2. The third kappa shape index (κ3) is 4.69. The normalized spacial score (nSPS) is 17.2. The fourth-order valence-electron chi connectivity index (χ4n) is 3.27. The van der Waals surface area contributed by atoms with Crippen LogP contribution in [0.25, 0.3) is 11.6 Å². The van der Waals surface area contributed by atoms with Crippen LogP contribution in [0.3, 0.4) is 0 Å². The molecule has 0 aromatic carbocycles. The first-order valence-electron chi connectivity index (χ1n) is 9.78. The van der Waals surface area contributed by atoms with Crippen LogP contribution in [0.15, 0.2) is 35.4 Å². The molecule has 1 aromatic heterocycles. The lowest BCUT2D eigenvalue weighted by Crippen LogP contribution is -2.45. The molecule has 2 rings (SSSR count). The van der Waals surface area contributed by atoms with E-state index in [1.807, 2.05) is 25.1 Å². The van der Waals surface area contributed by atoms with Crippen molar-refractivity contribution in [2.75, 3.05) is 6.54 Å². The summed E-state index contributed by atoms with van der Waals surface area (Å²) in [5.41, 5.74) is 1.92. The predicted molar refractivity (Wildman–Crippen MR) is 115 cm³/mol. The van der Waals surface area contributed by atoms with Gasteiger partial charge < -0.3 is 0 Å². The number of carbonyl (C=O) groups excluding carboxylic acids is 2. The Balaban J connectivity index is 2.42. The molecule has 1 aromatic rings. The molecule has 0 radical (unpaired) electrons. The Morgan fingerprint density at radius 1 is 1.32 bits per heavy atom. The minimum absolute atomic E-state index is 0.0628. The number of carbonyl (C=O) groups is 2. The zero-order valence-electron chi connectivity index (χ0n) is 17.2. The third-order valence-electron chi connectivity index (χ3n) is 5.14. The molecule has 0 bridgehead atoms. The highest BCUT2D eigenvalue weighted by Crippen LogP contribution is 2.31. The van der Waals surface area contributed by atoms with E-state index in [9.17, 15) is 14.9 Å². The highest BCUT2D eigenvalue weighted by Gasteiger charge is 2.36. The minimum atomic E-state index is -0.467. The van der Waals surface area contributed by atoms with Gasteiger partial charge in [-0.2, -0.15) is 5.26 Å². The first-order chi connectivity index (χ1) is 13.3. The van der Waals surface area contributed by atoms with Crippen LogP contribution in [0, 0.1) is 17.2 Å². The maximum Gasteiger partial charge on any atom is 0.271 e. The number of imide groups is 1. The average molecular weight is 397 g/mol. The van der Waals surface area contributed by atoms with E-state index in [0.29, 0.717) is 17.7 Å². The van der Waals surface area contributed by atoms with Crippen LogP contribution >= 0.6 is 11.3 Å². The lowest BCUT2D eigenvalue weighted by atomic mass is 9.92. The van der Waals surface area contributed by atoms with Gasteiger partial charge in [0, 0.05) is 21.9 Å². The molecule has 2 amide bonds. The second-order valence-electron chi connectivity index (χ2n) is 7.29. The van der Waals surface area contributed by atoms with Gasteiger partial charge in [0.05, 0.1) is 0 Å². The quantitative estimate of drug-likeness (QED) is 0.425. The maximum absolute atomic E-state index is 13.2. The zero-order chi connectivity index (χ0) is 20.8. The Kier molecular flexibility index (Phi) is 7.53. The van der Waals surface area contributed by atoms with Gasteiger partial charge in [-0.05, 0) is 55.5 Å². The number of unbranched alkanes of at least 4 members (excludes halogenated alkanes) is 1. The van der Waals surface area contributed by atoms with Gasteiger partial charge in [0.25, 0.3) is 11.8 Å². The van der Waals surface area contributed by atoms with Gasteiger partial charge in [-0.1, -0.05) is 39.7 Å². The highest BCUT2D eigenvalue weighted by molar-refractivity contribution is 7.14. The number of thiophene rings is 1. The lowest BCUT2D eigenvalue weighted by molar-refractivity contribution is -0.141. The molecular weight excluding hydrogens is 368 g/mol. The molecule has 0 N–H and O–H groups in total. The molecule has 0 fully saturated rings. The molecule has 4 nitrogen and oxygen atoms in total. The first kappa shape index (κ1) is 21.8. The van der Waals surface area contributed by atoms with Crippen molar-refractivity contribution >= 4 is 34.8 Å². The molecule has 0 spiro atoms. The first-order valence-corrected chi connectivity index (χ1v) is 10.6. The Labute approximate surface area is 171 Å². The zero-order valence-corrected chi connectivity index (χ0v) is 18.0. The Bertz CT molecular complexity index is 883. The van der Waals surface area contributed by atoms with Gasteiger partial charge in [0.2, 0.25) is 0 Å². The van der Waals surface area contributed by atoms with Crippen molar-refractivity contribution in [1.29, 1.82) is 5.26 Å². The van der Waals surface area contributed by atoms with Crippen molar-refractivity contribution in [1.82, 2.24) is 4.90 Å². The summed E-state index contributed by atoms with van der Waals surface area (Å²) in [5, 5.41) is 9.53. The predicted octanol–water partition coefficient (Wildman–Crippen LogP) is 5.59. The molecule has 1 aliphatic rings. The minimum Gasteiger partial charge on any atom is -0.273 e. The van der Waals surface area contributed by atoms with Gasteiger partial charge in [0.1, 0.15) is 11.6 Å². The van der Waals surface area contributed by atoms with Gasteiger partial charge in [-0.15, -0.1) is 11.3 Å². The highest BCUT2D eigenvalue weighted by atomic mass is 32.1. The standard InChI is InChI=1S/C23H28N2O2S/c1-6-8-9-17(7-2)14-25-22(26)19(16(5)20(13-24)23(25)27)12-18-10-11-21(28-18)15(3)4/h10-12,17H,3,6-9,14H2,1-2,4-5H3/b19-12-. The third-order valence-corrected chi connectivity index (χ3v) is 6.34. The molecule has 1 atom stereocenters. The number of hydrogen-bond acceptors (Lipinski definition) is 4. The second kappa shape index (κ2) is 9.66. The maximum atomic E-state index is 13.2. The Morgan fingerprint density at radius 3 is 2.57 bits per heavy atom. The van der Waals surface area contributed by atoms with Crippen LogP contribution in [0.1, 0.15) is 63.1 Å². The molecule has 0 saturated carbocycles. The molecule has 5 heteroatoms. The molecule has 148 valence electrons. The van der Waals surface area contributed by atoms with Crippen LogP contribution in [-0.4, -0.2) is 23.3 Å². The number of rotatable bonds is 8. The van der Waals surface area contributed by atoms with Crippen molar-refractivity contribution in [3.8, 4) is 6.07 Å². The van der Waals surface area contributed by atoms with E-state index < -0.39 is 5.91 Å². The molecular formula is C23H28N2O2S. The molecule has 0 saturated heterocycles. The van der Waals surface area contributed by atoms with E-state index >= 15 is 0 Å². The van der Waals surface area contributed by atoms with Crippen LogP contribution in [0.2, 0.25) is 0 Å². The molecule has 1 aliphatic heterocycles. The van der Waals surface area contributed by atoms with Crippen LogP contribution in [0.5, 0.6) is 0 Å². The fraction of sp³-hybridized carbons (Fsp3) is 0.435. The smallest absolute Gasteiger partial charge is 0.271 e. The summed E-state index contributed by atoms with van der Waals surface area (Å²) >= 11 is 1.54. The van der Waals surface area contributed by atoms with E-state index in [4.69, 9.17) is 0 Å². The van der Waals surface area contributed by atoms with Crippen LogP contribution in [-0.2, 0) is 9.59 Å². The summed E-state index contributed by atoms with van der Waals surface area (Å²) in [6.07, 6.45) is 5.80. The van der Waals surface area contributed by atoms with Gasteiger partial charge in [-0.3, -0.25) is 14.5 Å². The van der Waals surface area contributed by atoms with E-state index in [2.05, 4.69) is 20.4 Å². The van der Waals surface area contributed by atoms with E-state index in [1.165, 1.54) is 4.90 Å². The topological polar surface area (TPSA) is 61.2 Å². The molecule has 1 unspecified atom stereocenters. The molecule has 2 heterocycles. The van der Waals surface area contributed by atoms with Crippen molar-refractivity contribution in [3.63, 3.8) is 0 Å². The van der Waals surface area contributed by atoms with Crippen LogP contribution in [0.4, 0.5) is 0 Å². The monoisotopic (exact) mass is 396 g/mol. The van der Waals surface area contributed by atoms with Gasteiger partial charge in [-0.25, -0.2) is 0 Å². The van der Waals surface area contributed by atoms with E-state index in [-0.39, 0.29) is 17.4 Å². The lowest BCUT2D eigenvalue weighted by Gasteiger charge is -2.30. The van der Waals surface area contributed by atoms with Gasteiger partial charge >= 0.3 is 0 Å². The van der Waals surface area contributed by atoms with Crippen molar-refractivity contribution in [2.24, 2.45) is 5.92 Å². The SMILES string of the molecule is C=C(C)c1ccc(/C=C2\C(=O)N(CC(CC)CCCC)C(=O)C(C#N)=C2C)s1. The largest absolute Gasteiger partial charge is 0.273 e. The van der Waals surface area contributed by atoms with Crippen molar-refractivity contribution in [2.45, 2.75) is 53.4 Å². The molecule has 0 aliphatic carbocycles. The number of hydrogen-bond donors (Lipinski definition) is 0. The summed E-state index contributed by atoms with van der Waals surface area (Å²) < 4.78 is 0. The van der Waals surface area contributed by atoms with E-state index in [1.54, 1.807) is 24.3 Å². The van der Waals surface area contributed by atoms with Gasteiger partial charge in [0.15, 0.2) is 0 Å². The van der Waals surface area contributed by atoms with Crippen molar-refractivity contribution < 1.29 is 9.59 Å². The summed E-state index contributed by atoms with van der Waals surface area (Å²) in [6, 6.07) is 5.92. The summed E-state index contributed by atoms with van der Waals surface area (Å²) in [5.74, 6) is -0.517. The molecule has 28 heavy (non-hydrogen) atoms. The summed E-state index contributed by atoms with van der Waals surface area (Å²) in [6.45, 7) is 12.1. The Morgan fingerprint density at radius 2 is 2.04 bits per heavy atom. The van der Waals surface area contributed by atoms with Crippen molar-refractivity contribution in [3.05, 3.63) is 45.2 Å². The average Bonchev–Trinajstić information content (AvgIpc) is 3.14.